The van der Waals surface area contributed by atoms with E-state index in [0.717, 1.165) is 32.5 Å². The first-order valence-corrected chi connectivity index (χ1v) is 13.2. The fraction of sp³-hybridized carbons (Fsp3) is 0.379. The highest BCUT2D eigenvalue weighted by atomic mass is 16.2. The lowest BCUT2D eigenvalue weighted by molar-refractivity contribution is -0.117. The summed E-state index contributed by atoms with van der Waals surface area (Å²) in [7, 11) is 3.14. The molecule has 1 aliphatic rings. The molecule has 204 valence electrons. The summed E-state index contributed by atoms with van der Waals surface area (Å²) in [5.74, 6) is 0.614. The number of aryl methyl sites for hydroxylation is 4. The van der Waals surface area contributed by atoms with Crippen molar-refractivity contribution in [1.82, 2.24) is 23.6 Å². The number of piperazine rings is 1. The first kappa shape index (κ1) is 26.4. The maximum Gasteiger partial charge on any atom is 0.332 e. The van der Waals surface area contributed by atoms with Crippen molar-refractivity contribution in [1.29, 1.82) is 0 Å². The number of rotatable bonds is 6. The van der Waals surface area contributed by atoms with Crippen LogP contribution >= 0.6 is 0 Å². The maximum atomic E-state index is 13.3. The zero-order chi connectivity index (χ0) is 27.8. The Morgan fingerprint density at radius 1 is 0.897 bits per heavy atom. The molecule has 0 aliphatic carbocycles. The third-order valence-corrected chi connectivity index (χ3v) is 7.28. The van der Waals surface area contributed by atoms with Crippen molar-refractivity contribution in [2.24, 2.45) is 14.1 Å². The predicted molar refractivity (Wildman–Crippen MR) is 154 cm³/mol. The summed E-state index contributed by atoms with van der Waals surface area (Å²) in [6.07, 6.45) is 0. The standard InChI is InChI=1S/C29H35N7O3/c1-19-7-6-8-22(14-19)17-36-25-26(32(4)29(39)33(5)27(25)38)31-28(36)35-11-9-34(10-12-35)18-24(37)30-23-15-20(2)13-21(3)16-23/h6-8,13-16H,9-12,17-18H2,1-5H3,(H,30,37). The minimum absolute atomic E-state index is 0.0429. The van der Waals surface area contributed by atoms with Gasteiger partial charge in [0, 0.05) is 46.0 Å². The average Bonchev–Trinajstić information content (AvgIpc) is 3.25. The van der Waals surface area contributed by atoms with Gasteiger partial charge in [0.1, 0.15) is 0 Å². The molecule has 0 saturated carbocycles. The second kappa shape index (κ2) is 10.5. The molecule has 0 bridgehead atoms. The average molecular weight is 530 g/mol. The second-order valence-electron chi connectivity index (χ2n) is 10.6. The van der Waals surface area contributed by atoms with Crippen molar-refractivity contribution in [3.63, 3.8) is 0 Å². The van der Waals surface area contributed by atoms with E-state index >= 15 is 0 Å². The molecule has 1 aliphatic heterocycles. The summed E-state index contributed by atoms with van der Waals surface area (Å²) >= 11 is 0. The van der Waals surface area contributed by atoms with Crippen LogP contribution in [0.15, 0.2) is 52.1 Å². The van der Waals surface area contributed by atoms with Crippen LogP contribution < -0.4 is 21.5 Å². The molecule has 0 atom stereocenters. The van der Waals surface area contributed by atoms with Crippen LogP contribution in [-0.2, 0) is 25.4 Å². The molecular formula is C29H35N7O3. The number of anilines is 2. The number of amides is 1. The van der Waals surface area contributed by atoms with Gasteiger partial charge in [-0.25, -0.2) is 4.79 Å². The Morgan fingerprint density at radius 2 is 1.59 bits per heavy atom. The van der Waals surface area contributed by atoms with E-state index in [1.165, 1.54) is 11.6 Å². The summed E-state index contributed by atoms with van der Waals surface area (Å²) in [4.78, 5) is 47.7. The molecule has 1 amide bonds. The van der Waals surface area contributed by atoms with Crippen LogP contribution in [0.5, 0.6) is 0 Å². The lowest BCUT2D eigenvalue weighted by Crippen LogP contribution is -2.49. The van der Waals surface area contributed by atoms with Gasteiger partial charge >= 0.3 is 5.69 Å². The smallest absolute Gasteiger partial charge is 0.332 e. The molecule has 10 heteroatoms. The van der Waals surface area contributed by atoms with Crippen LogP contribution in [0.2, 0.25) is 0 Å². The van der Waals surface area contributed by atoms with Crippen LogP contribution in [0.25, 0.3) is 11.2 Å². The van der Waals surface area contributed by atoms with Crippen molar-refractivity contribution < 1.29 is 4.79 Å². The Labute approximate surface area is 227 Å². The number of carbonyl (C=O) groups excluding carboxylic acids is 1. The highest BCUT2D eigenvalue weighted by Gasteiger charge is 2.26. The first-order valence-electron chi connectivity index (χ1n) is 13.2. The zero-order valence-electron chi connectivity index (χ0n) is 23.2. The number of fused-ring (bicyclic) bond motifs is 1. The number of nitrogens with zero attached hydrogens (tertiary/aromatic N) is 6. The van der Waals surface area contributed by atoms with Crippen molar-refractivity contribution >= 4 is 28.7 Å². The first-order chi connectivity index (χ1) is 18.6. The summed E-state index contributed by atoms with van der Waals surface area (Å²) in [6.45, 7) is 9.45. The zero-order valence-corrected chi connectivity index (χ0v) is 23.2. The number of carbonyl (C=O) groups is 1. The van der Waals surface area contributed by atoms with E-state index in [2.05, 4.69) is 27.2 Å². The lowest BCUT2D eigenvalue weighted by atomic mass is 10.1. The van der Waals surface area contributed by atoms with Gasteiger partial charge in [0.2, 0.25) is 11.9 Å². The summed E-state index contributed by atoms with van der Waals surface area (Å²) in [6, 6.07) is 14.2. The molecule has 0 spiro atoms. The molecule has 1 N–H and O–H groups in total. The molecule has 1 fully saturated rings. The Balaban J connectivity index is 1.38. The van der Waals surface area contributed by atoms with Gasteiger partial charge < -0.3 is 10.2 Å². The van der Waals surface area contributed by atoms with Crippen molar-refractivity contribution in [2.45, 2.75) is 27.3 Å². The number of hydrogen-bond acceptors (Lipinski definition) is 6. The van der Waals surface area contributed by atoms with E-state index in [0.29, 0.717) is 56.4 Å². The van der Waals surface area contributed by atoms with Crippen molar-refractivity contribution in [3.8, 4) is 0 Å². The van der Waals surface area contributed by atoms with Gasteiger partial charge in [-0.3, -0.25) is 28.2 Å². The third-order valence-electron chi connectivity index (χ3n) is 7.28. The predicted octanol–water partition coefficient (Wildman–Crippen LogP) is 2.17. The number of nitrogens with one attached hydrogen (secondary N) is 1. The molecule has 2 aromatic heterocycles. The minimum Gasteiger partial charge on any atom is -0.340 e. The quantitative estimate of drug-likeness (QED) is 0.411. The van der Waals surface area contributed by atoms with Gasteiger partial charge in [0.05, 0.1) is 13.1 Å². The molecule has 4 aromatic rings. The van der Waals surface area contributed by atoms with E-state index in [4.69, 9.17) is 4.98 Å². The van der Waals surface area contributed by atoms with Gasteiger partial charge in [-0.05, 0) is 49.6 Å². The van der Waals surface area contributed by atoms with Gasteiger partial charge in [-0.2, -0.15) is 4.98 Å². The monoisotopic (exact) mass is 529 g/mol. The van der Waals surface area contributed by atoms with Gasteiger partial charge in [0.15, 0.2) is 11.2 Å². The number of hydrogen-bond donors (Lipinski definition) is 1. The second-order valence-corrected chi connectivity index (χ2v) is 10.6. The SMILES string of the molecule is Cc1cccc(Cn2c(N3CCN(CC(=O)Nc4cc(C)cc(C)c4)CC3)nc3c2c(=O)n(C)c(=O)n3C)c1. The van der Waals surface area contributed by atoms with Gasteiger partial charge in [0.25, 0.3) is 5.56 Å². The largest absolute Gasteiger partial charge is 0.340 e. The van der Waals surface area contributed by atoms with E-state index in [1.807, 2.05) is 55.7 Å². The lowest BCUT2D eigenvalue weighted by Gasteiger charge is -2.35. The van der Waals surface area contributed by atoms with E-state index < -0.39 is 5.69 Å². The normalized spacial score (nSPS) is 14.2. The maximum absolute atomic E-state index is 13.3. The highest BCUT2D eigenvalue weighted by molar-refractivity contribution is 5.92. The molecule has 39 heavy (non-hydrogen) atoms. The van der Waals surface area contributed by atoms with Crippen molar-refractivity contribution in [2.75, 3.05) is 42.9 Å². The Kier molecular flexibility index (Phi) is 7.14. The summed E-state index contributed by atoms with van der Waals surface area (Å²) in [5.41, 5.74) is 5.24. The molecule has 0 radical (unpaired) electrons. The molecular weight excluding hydrogens is 494 g/mol. The number of imidazole rings is 1. The van der Waals surface area contributed by atoms with Gasteiger partial charge in [-0.15, -0.1) is 0 Å². The molecule has 2 aromatic carbocycles. The molecule has 5 rings (SSSR count). The summed E-state index contributed by atoms with van der Waals surface area (Å²) in [5, 5.41) is 3.02. The topological polar surface area (TPSA) is 97.4 Å². The van der Waals surface area contributed by atoms with Gasteiger partial charge in [-0.1, -0.05) is 35.9 Å². The summed E-state index contributed by atoms with van der Waals surface area (Å²) < 4.78 is 4.49. The highest BCUT2D eigenvalue weighted by Crippen LogP contribution is 2.23. The Morgan fingerprint density at radius 3 is 2.26 bits per heavy atom. The number of benzene rings is 2. The minimum atomic E-state index is -0.404. The van der Waals surface area contributed by atoms with E-state index in [1.54, 1.807) is 7.05 Å². The van der Waals surface area contributed by atoms with Crippen LogP contribution in [0.3, 0.4) is 0 Å². The molecule has 3 heterocycles. The fourth-order valence-electron chi connectivity index (χ4n) is 5.38. The van der Waals surface area contributed by atoms with Crippen molar-refractivity contribution in [3.05, 3.63) is 85.6 Å². The molecule has 0 unspecified atom stereocenters. The van der Waals surface area contributed by atoms with E-state index in [9.17, 15) is 14.4 Å². The molecule has 1 saturated heterocycles. The fourth-order valence-corrected chi connectivity index (χ4v) is 5.38. The Hall–Kier alpha value is -4.18. The molecule has 10 nitrogen and oxygen atoms in total. The Bertz CT molecular complexity index is 1650. The van der Waals surface area contributed by atoms with E-state index in [-0.39, 0.29) is 11.5 Å². The number of aromatic nitrogens is 4. The van der Waals surface area contributed by atoms with Crippen LogP contribution in [0.4, 0.5) is 11.6 Å². The van der Waals surface area contributed by atoms with Crippen LogP contribution in [0, 0.1) is 20.8 Å². The van der Waals surface area contributed by atoms with Crippen LogP contribution in [-0.4, -0.2) is 62.2 Å². The van der Waals surface area contributed by atoms with Crippen LogP contribution in [0.1, 0.15) is 22.3 Å². The third kappa shape index (κ3) is 5.37.